The lowest BCUT2D eigenvalue weighted by Crippen LogP contribution is -2.16. The van der Waals surface area contributed by atoms with E-state index in [4.69, 9.17) is 4.42 Å². The van der Waals surface area contributed by atoms with Gasteiger partial charge in [-0.1, -0.05) is 13.0 Å². The Labute approximate surface area is 147 Å². The van der Waals surface area contributed by atoms with Crippen molar-refractivity contribution in [2.75, 3.05) is 5.32 Å². The fourth-order valence-electron chi connectivity index (χ4n) is 2.84. The SMILES string of the molecule is CCc1ccc2[nH]c(=O)c(CNc3ncc4oc(=O)n(C)c4n3)cc2c1. The van der Waals surface area contributed by atoms with Crippen molar-refractivity contribution >= 4 is 28.1 Å². The largest absolute Gasteiger partial charge is 0.420 e. The van der Waals surface area contributed by atoms with Crippen LogP contribution < -0.4 is 16.6 Å². The number of nitrogens with one attached hydrogen (secondary N) is 2. The van der Waals surface area contributed by atoms with Gasteiger partial charge in [-0.25, -0.2) is 9.78 Å². The predicted octanol–water partition coefficient (Wildman–Crippen LogP) is 1.94. The van der Waals surface area contributed by atoms with Crippen LogP contribution in [0.3, 0.4) is 0 Å². The number of benzene rings is 1. The third kappa shape index (κ3) is 2.75. The Bertz CT molecular complexity index is 1240. The highest BCUT2D eigenvalue weighted by atomic mass is 16.4. The summed E-state index contributed by atoms with van der Waals surface area (Å²) in [6.07, 6.45) is 2.37. The number of pyridine rings is 1. The topological polar surface area (TPSA) is 106 Å². The molecule has 0 radical (unpaired) electrons. The molecule has 0 unspecified atom stereocenters. The molecular weight excluding hydrogens is 334 g/mol. The van der Waals surface area contributed by atoms with E-state index >= 15 is 0 Å². The molecule has 8 heteroatoms. The maximum Gasteiger partial charge on any atom is 0.420 e. The van der Waals surface area contributed by atoms with Crippen LogP contribution in [0.2, 0.25) is 0 Å². The van der Waals surface area contributed by atoms with E-state index in [1.54, 1.807) is 7.05 Å². The zero-order valence-electron chi connectivity index (χ0n) is 14.4. The van der Waals surface area contributed by atoms with E-state index in [0.29, 0.717) is 22.7 Å². The number of nitrogens with zero attached hydrogens (tertiary/aromatic N) is 3. The molecule has 1 aromatic carbocycles. The molecule has 0 atom stereocenters. The van der Waals surface area contributed by atoms with Crippen molar-refractivity contribution in [1.29, 1.82) is 0 Å². The highest BCUT2D eigenvalue weighted by Crippen LogP contribution is 2.15. The molecule has 3 aromatic heterocycles. The Balaban J connectivity index is 1.64. The number of hydrogen-bond acceptors (Lipinski definition) is 6. The molecule has 0 aliphatic carbocycles. The van der Waals surface area contributed by atoms with Crippen molar-refractivity contribution in [3.8, 4) is 0 Å². The van der Waals surface area contributed by atoms with Crippen molar-refractivity contribution in [3.63, 3.8) is 0 Å². The Morgan fingerprint density at radius 1 is 1.27 bits per heavy atom. The Hall–Kier alpha value is -3.42. The molecule has 0 amide bonds. The number of fused-ring (bicyclic) bond motifs is 2. The zero-order chi connectivity index (χ0) is 18.3. The van der Waals surface area contributed by atoms with Crippen LogP contribution in [0.5, 0.6) is 0 Å². The van der Waals surface area contributed by atoms with Gasteiger partial charge in [-0.2, -0.15) is 4.98 Å². The minimum absolute atomic E-state index is 0.161. The predicted molar refractivity (Wildman–Crippen MR) is 98.3 cm³/mol. The van der Waals surface area contributed by atoms with Crippen molar-refractivity contribution in [2.24, 2.45) is 7.05 Å². The maximum absolute atomic E-state index is 12.3. The van der Waals surface area contributed by atoms with Gasteiger partial charge in [0.05, 0.1) is 6.20 Å². The van der Waals surface area contributed by atoms with Crippen LogP contribution in [0, 0.1) is 0 Å². The first-order valence-corrected chi connectivity index (χ1v) is 8.26. The van der Waals surface area contributed by atoms with Crippen LogP contribution in [-0.4, -0.2) is 19.5 Å². The average molecular weight is 351 g/mol. The van der Waals surface area contributed by atoms with Crippen LogP contribution in [-0.2, 0) is 20.0 Å². The van der Waals surface area contributed by atoms with Gasteiger partial charge in [-0.05, 0) is 35.6 Å². The maximum atomic E-state index is 12.3. The number of hydrogen-bond donors (Lipinski definition) is 2. The molecule has 132 valence electrons. The third-order valence-corrected chi connectivity index (χ3v) is 4.36. The van der Waals surface area contributed by atoms with Gasteiger partial charge in [0.2, 0.25) is 5.95 Å². The summed E-state index contributed by atoms with van der Waals surface area (Å²) in [7, 11) is 1.57. The number of aromatic amines is 1. The summed E-state index contributed by atoms with van der Waals surface area (Å²) >= 11 is 0. The molecular formula is C18H17N5O3. The van der Waals surface area contributed by atoms with Gasteiger partial charge in [0.1, 0.15) is 0 Å². The summed E-state index contributed by atoms with van der Waals surface area (Å²) in [5.74, 6) is -0.181. The number of anilines is 1. The first kappa shape index (κ1) is 16.1. The minimum atomic E-state index is -0.496. The molecule has 0 bridgehead atoms. The summed E-state index contributed by atoms with van der Waals surface area (Å²) < 4.78 is 6.31. The fourth-order valence-corrected chi connectivity index (χ4v) is 2.84. The van der Waals surface area contributed by atoms with Crippen molar-refractivity contribution < 1.29 is 4.42 Å². The summed E-state index contributed by atoms with van der Waals surface area (Å²) in [5.41, 5.74) is 3.15. The summed E-state index contributed by atoms with van der Waals surface area (Å²) in [5, 5.41) is 4.01. The molecule has 0 saturated carbocycles. The number of aryl methyl sites for hydroxylation is 2. The van der Waals surface area contributed by atoms with Gasteiger partial charge in [0, 0.05) is 24.7 Å². The number of oxazole rings is 1. The van der Waals surface area contributed by atoms with E-state index in [2.05, 4.69) is 33.3 Å². The van der Waals surface area contributed by atoms with Gasteiger partial charge in [-0.3, -0.25) is 9.36 Å². The van der Waals surface area contributed by atoms with E-state index in [-0.39, 0.29) is 12.1 Å². The van der Waals surface area contributed by atoms with Crippen molar-refractivity contribution in [1.82, 2.24) is 19.5 Å². The molecule has 0 fully saturated rings. The normalized spacial score (nSPS) is 11.3. The fraction of sp³-hybridized carbons (Fsp3) is 0.222. The molecule has 4 aromatic rings. The van der Waals surface area contributed by atoms with Gasteiger partial charge >= 0.3 is 5.76 Å². The van der Waals surface area contributed by atoms with Crippen LogP contribution in [0.25, 0.3) is 22.1 Å². The molecule has 8 nitrogen and oxygen atoms in total. The molecule has 2 N–H and O–H groups in total. The van der Waals surface area contributed by atoms with E-state index in [0.717, 1.165) is 17.3 Å². The molecule has 26 heavy (non-hydrogen) atoms. The number of H-pyrrole nitrogens is 1. The summed E-state index contributed by atoms with van der Waals surface area (Å²) in [4.78, 5) is 35.1. The van der Waals surface area contributed by atoms with E-state index < -0.39 is 5.76 Å². The second-order valence-electron chi connectivity index (χ2n) is 6.06. The highest BCUT2D eigenvalue weighted by molar-refractivity contribution is 5.79. The van der Waals surface area contributed by atoms with Gasteiger partial charge < -0.3 is 14.7 Å². The minimum Gasteiger partial charge on any atom is -0.404 e. The van der Waals surface area contributed by atoms with Crippen LogP contribution in [0.1, 0.15) is 18.1 Å². The first-order valence-electron chi connectivity index (χ1n) is 8.26. The first-order chi connectivity index (χ1) is 12.5. The van der Waals surface area contributed by atoms with E-state index in [1.165, 1.54) is 16.3 Å². The standard InChI is InChI=1S/C18H17N5O3/c1-3-10-4-5-13-11(6-10)7-12(16(24)21-13)8-19-17-20-9-14-15(22-17)23(2)18(25)26-14/h4-7,9H,3,8H2,1-2H3,(H,21,24)(H,19,20,22). The quantitative estimate of drug-likeness (QED) is 0.582. The highest BCUT2D eigenvalue weighted by Gasteiger charge is 2.10. The Kier molecular flexibility index (Phi) is 3.80. The number of aromatic nitrogens is 4. The number of rotatable bonds is 4. The zero-order valence-corrected chi connectivity index (χ0v) is 14.4. The van der Waals surface area contributed by atoms with Crippen LogP contribution in [0.4, 0.5) is 5.95 Å². The van der Waals surface area contributed by atoms with Gasteiger partial charge in [0.15, 0.2) is 11.2 Å². The average Bonchev–Trinajstić information content (AvgIpc) is 2.93. The third-order valence-electron chi connectivity index (χ3n) is 4.36. The van der Waals surface area contributed by atoms with Gasteiger partial charge in [0.25, 0.3) is 5.56 Å². The summed E-state index contributed by atoms with van der Waals surface area (Å²) in [6.45, 7) is 2.35. The second-order valence-corrected chi connectivity index (χ2v) is 6.06. The monoisotopic (exact) mass is 351 g/mol. The lowest BCUT2D eigenvalue weighted by Gasteiger charge is -2.07. The smallest absolute Gasteiger partial charge is 0.404 e. The Morgan fingerprint density at radius 2 is 2.12 bits per heavy atom. The van der Waals surface area contributed by atoms with Crippen LogP contribution in [0.15, 0.2) is 44.5 Å². The molecule has 0 saturated heterocycles. The summed E-state index contributed by atoms with van der Waals surface area (Å²) in [6, 6.07) is 7.86. The van der Waals surface area contributed by atoms with Gasteiger partial charge in [-0.15, -0.1) is 0 Å². The lowest BCUT2D eigenvalue weighted by atomic mass is 10.1. The molecule has 0 spiro atoms. The van der Waals surface area contributed by atoms with Crippen molar-refractivity contribution in [3.05, 3.63) is 62.5 Å². The molecule has 3 heterocycles. The molecule has 0 aliphatic heterocycles. The lowest BCUT2D eigenvalue weighted by molar-refractivity contribution is 0.527. The molecule has 4 rings (SSSR count). The van der Waals surface area contributed by atoms with E-state index in [1.807, 2.05) is 18.2 Å². The molecule has 0 aliphatic rings. The van der Waals surface area contributed by atoms with E-state index in [9.17, 15) is 9.59 Å². The Morgan fingerprint density at radius 3 is 2.92 bits per heavy atom. The van der Waals surface area contributed by atoms with Crippen LogP contribution >= 0.6 is 0 Å². The second kappa shape index (κ2) is 6.14. The van der Waals surface area contributed by atoms with Crippen molar-refractivity contribution in [2.45, 2.75) is 19.9 Å².